The van der Waals surface area contributed by atoms with Gasteiger partial charge in [-0.05, 0) is 61.7 Å². The molecule has 0 aliphatic carbocycles. The average molecular weight is 444 g/mol. The van der Waals surface area contributed by atoms with Crippen LogP contribution in [-0.4, -0.2) is 28.8 Å². The number of hydrogen-bond acceptors (Lipinski definition) is 5. The molecule has 1 amide bonds. The molecule has 0 aliphatic heterocycles. The Kier molecular flexibility index (Phi) is 6.85. The van der Waals surface area contributed by atoms with Gasteiger partial charge in [0.25, 0.3) is 0 Å². The van der Waals surface area contributed by atoms with E-state index in [1.54, 1.807) is 42.9 Å². The van der Waals surface area contributed by atoms with Crippen molar-refractivity contribution in [3.05, 3.63) is 47.0 Å². The molecule has 0 bridgehead atoms. The van der Waals surface area contributed by atoms with Crippen molar-refractivity contribution < 1.29 is 19.4 Å². The van der Waals surface area contributed by atoms with Crippen molar-refractivity contribution in [3.8, 4) is 17.4 Å². The van der Waals surface area contributed by atoms with Gasteiger partial charge in [0.2, 0.25) is 5.88 Å². The summed E-state index contributed by atoms with van der Waals surface area (Å²) in [7, 11) is 1.56. The lowest BCUT2D eigenvalue weighted by Crippen LogP contribution is -2.21. The lowest BCUT2D eigenvalue weighted by atomic mass is 10.2. The number of ether oxygens (including phenoxy) is 2. The number of rotatable bonds is 7. The van der Waals surface area contributed by atoms with Crippen molar-refractivity contribution >= 4 is 34.1 Å². The Bertz CT molecular complexity index is 1140. The second-order valence-electron chi connectivity index (χ2n) is 7.77. The molecule has 1 heterocycles. The summed E-state index contributed by atoms with van der Waals surface area (Å²) in [4.78, 5) is 12.5. The minimum absolute atomic E-state index is 0.0457. The van der Waals surface area contributed by atoms with Crippen LogP contribution in [0.15, 0.2) is 46.6 Å². The molecule has 0 spiro atoms. The zero-order valence-corrected chi connectivity index (χ0v) is 19.0. The number of carbonyl (C=O) groups is 1. The second kappa shape index (κ2) is 9.39. The van der Waals surface area contributed by atoms with Crippen LogP contribution in [0.25, 0.3) is 10.9 Å². The number of hydrogen-bond donors (Lipinski definition) is 1. The smallest absolute Gasteiger partial charge is 0.304 e. The van der Waals surface area contributed by atoms with E-state index in [4.69, 9.17) is 21.1 Å². The number of aromatic hydroxyl groups is 1. The highest BCUT2D eigenvalue weighted by atomic mass is 35.5. The van der Waals surface area contributed by atoms with Gasteiger partial charge in [0, 0.05) is 17.0 Å². The molecule has 31 heavy (non-hydrogen) atoms. The Morgan fingerprint density at radius 2 is 1.94 bits per heavy atom. The van der Waals surface area contributed by atoms with Crippen LogP contribution >= 0.6 is 11.6 Å². The summed E-state index contributed by atoms with van der Waals surface area (Å²) in [5, 5.41) is 19.9. The summed E-state index contributed by atoms with van der Waals surface area (Å²) in [6, 6.07) is 10.6. The average Bonchev–Trinajstić information content (AvgIpc) is 2.98. The molecule has 0 saturated heterocycles. The summed E-state index contributed by atoms with van der Waals surface area (Å²) >= 11 is 5.96. The van der Waals surface area contributed by atoms with Crippen LogP contribution in [-0.2, 0) is 11.3 Å². The van der Waals surface area contributed by atoms with Gasteiger partial charge in [0.1, 0.15) is 11.5 Å². The Labute approximate surface area is 186 Å². The van der Waals surface area contributed by atoms with Crippen LogP contribution in [0.2, 0.25) is 5.02 Å². The van der Waals surface area contributed by atoms with E-state index < -0.39 is 12.0 Å². The van der Waals surface area contributed by atoms with Crippen molar-refractivity contribution in [1.29, 1.82) is 0 Å². The van der Waals surface area contributed by atoms with Crippen molar-refractivity contribution in [3.63, 3.8) is 0 Å². The van der Waals surface area contributed by atoms with E-state index in [9.17, 15) is 9.90 Å². The molecule has 3 aromatic rings. The third-order valence-corrected chi connectivity index (χ3v) is 5.04. The lowest BCUT2D eigenvalue weighted by Gasteiger charge is -2.13. The molecule has 164 valence electrons. The van der Waals surface area contributed by atoms with Crippen molar-refractivity contribution in [2.45, 2.75) is 40.3 Å². The molecule has 7 nitrogen and oxygen atoms in total. The number of aromatic nitrogens is 1. The lowest BCUT2D eigenvalue weighted by molar-refractivity contribution is -0.124. The van der Waals surface area contributed by atoms with Crippen LogP contribution < -0.4 is 9.47 Å². The molecular formula is C23H26ClN3O4. The van der Waals surface area contributed by atoms with Gasteiger partial charge in [0.05, 0.1) is 12.6 Å². The normalized spacial score (nSPS) is 12.6. The Morgan fingerprint density at radius 3 is 2.58 bits per heavy atom. The summed E-state index contributed by atoms with van der Waals surface area (Å²) < 4.78 is 12.8. The van der Waals surface area contributed by atoms with E-state index in [0.717, 1.165) is 11.1 Å². The number of halogens is 1. The molecule has 1 aromatic heterocycles. The van der Waals surface area contributed by atoms with Gasteiger partial charge in [-0.2, -0.15) is 0 Å². The van der Waals surface area contributed by atoms with Crippen LogP contribution in [0.4, 0.5) is 5.69 Å². The van der Waals surface area contributed by atoms with Crippen LogP contribution in [0.3, 0.4) is 0 Å². The van der Waals surface area contributed by atoms with E-state index >= 15 is 0 Å². The van der Waals surface area contributed by atoms with E-state index in [2.05, 4.69) is 24.1 Å². The van der Waals surface area contributed by atoms with Gasteiger partial charge >= 0.3 is 5.91 Å². The number of benzene rings is 2. The molecule has 0 aliphatic rings. The molecule has 2 aromatic carbocycles. The monoisotopic (exact) mass is 443 g/mol. The summed E-state index contributed by atoms with van der Waals surface area (Å²) in [5.41, 5.74) is 1.82. The molecule has 1 N–H and O–H groups in total. The van der Waals surface area contributed by atoms with Gasteiger partial charge in [-0.3, -0.25) is 4.79 Å². The number of methoxy groups -OCH3 is 1. The first-order valence-electron chi connectivity index (χ1n) is 9.98. The largest absolute Gasteiger partial charge is 0.497 e. The fourth-order valence-electron chi connectivity index (χ4n) is 3.24. The van der Waals surface area contributed by atoms with E-state index in [0.29, 0.717) is 34.4 Å². The minimum Gasteiger partial charge on any atom is -0.497 e. The summed E-state index contributed by atoms with van der Waals surface area (Å²) in [5.74, 6) is 0.844. The van der Waals surface area contributed by atoms with Gasteiger partial charge < -0.3 is 19.1 Å². The number of azo groups is 1. The Balaban J connectivity index is 1.90. The summed E-state index contributed by atoms with van der Waals surface area (Å²) in [6.45, 7) is 8.14. The van der Waals surface area contributed by atoms with E-state index in [1.165, 1.54) is 0 Å². The first kappa shape index (κ1) is 22.6. The molecule has 8 heteroatoms. The first-order chi connectivity index (χ1) is 14.7. The molecular weight excluding hydrogens is 418 g/mol. The number of nitrogens with zero attached hydrogens (tertiary/aromatic N) is 3. The van der Waals surface area contributed by atoms with E-state index in [1.807, 2.05) is 19.1 Å². The SMILES string of the molecule is COc1ccc2c(c1)c(N=NC(=O)C(C)Oc1ccc(Cl)cc1C)c(O)n2CC(C)C. The molecule has 0 saturated carbocycles. The van der Waals surface area contributed by atoms with Crippen molar-refractivity contribution in [1.82, 2.24) is 4.57 Å². The number of fused-ring (bicyclic) bond motifs is 1. The van der Waals surface area contributed by atoms with Gasteiger partial charge in [-0.1, -0.05) is 25.4 Å². The second-order valence-corrected chi connectivity index (χ2v) is 8.20. The van der Waals surface area contributed by atoms with Crippen LogP contribution in [0.5, 0.6) is 17.4 Å². The minimum atomic E-state index is -0.857. The maximum absolute atomic E-state index is 12.5. The zero-order chi connectivity index (χ0) is 22.7. The molecule has 0 radical (unpaired) electrons. The van der Waals surface area contributed by atoms with Crippen molar-refractivity contribution in [2.75, 3.05) is 7.11 Å². The van der Waals surface area contributed by atoms with Gasteiger partial charge in [-0.15, -0.1) is 10.2 Å². The standard InChI is InChI=1S/C23H26ClN3O4/c1-13(2)12-27-19-8-7-17(30-5)11-18(19)21(23(27)29)25-26-22(28)15(4)31-20-9-6-16(24)10-14(20)3/h6-11,13,15,29H,12H2,1-5H3. The topological polar surface area (TPSA) is 85.4 Å². The maximum atomic E-state index is 12.5. The van der Waals surface area contributed by atoms with E-state index in [-0.39, 0.29) is 11.6 Å². The highest BCUT2D eigenvalue weighted by Crippen LogP contribution is 2.41. The highest BCUT2D eigenvalue weighted by Gasteiger charge is 2.20. The fourth-order valence-corrected chi connectivity index (χ4v) is 3.47. The maximum Gasteiger partial charge on any atom is 0.304 e. The Hall–Kier alpha value is -3.06. The quantitative estimate of drug-likeness (QED) is 0.450. The summed E-state index contributed by atoms with van der Waals surface area (Å²) in [6.07, 6.45) is -0.857. The van der Waals surface area contributed by atoms with Gasteiger partial charge in [0.15, 0.2) is 11.8 Å². The first-order valence-corrected chi connectivity index (χ1v) is 10.4. The predicted octanol–water partition coefficient (Wildman–Crippen LogP) is 6.05. The number of amides is 1. The van der Waals surface area contributed by atoms with Crippen molar-refractivity contribution in [2.24, 2.45) is 16.1 Å². The zero-order valence-electron chi connectivity index (χ0n) is 18.2. The molecule has 1 atom stereocenters. The Morgan fingerprint density at radius 1 is 1.19 bits per heavy atom. The molecule has 3 rings (SSSR count). The third kappa shape index (κ3) is 4.99. The fraction of sp³-hybridized carbons (Fsp3) is 0.348. The van der Waals surface area contributed by atoms with Crippen LogP contribution in [0, 0.1) is 12.8 Å². The van der Waals surface area contributed by atoms with Crippen LogP contribution in [0.1, 0.15) is 26.3 Å². The molecule has 1 unspecified atom stereocenters. The predicted molar refractivity (Wildman–Crippen MR) is 121 cm³/mol. The number of aryl methyl sites for hydroxylation is 1. The van der Waals surface area contributed by atoms with Gasteiger partial charge in [-0.25, -0.2) is 0 Å². The third-order valence-electron chi connectivity index (χ3n) is 4.80. The number of carbonyl (C=O) groups excluding carboxylic acids is 1. The highest BCUT2D eigenvalue weighted by molar-refractivity contribution is 6.30. The molecule has 0 fully saturated rings.